The van der Waals surface area contributed by atoms with E-state index in [1.807, 2.05) is 6.07 Å². The average Bonchev–Trinajstić information content (AvgIpc) is 2.37. The first-order valence-electron chi connectivity index (χ1n) is 7.32. The highest BCUT2D eigenvalue weighted by Gasteiger charge is 2.23. The highest BCUT2D eigenvalue weighted by Crippen LogP contribution is 2.38. The minimum atomic E-state index is 0.123. The van der Waals surface area contributed by atoms with Gasteiger partial charge in [0, 0.05) is 0 Å². The van der Waals surface area contributed by atoms with Crippen LogP contribution in [0.4, 0.5) is 0 Å². The van der Waals surface area contributed by atoms with Gasteiger partial charge >= 0.3 is 0 Å². The fraction of sp³-hybridized carbons (Fsp3) is 0.400. The summed E-state index contributed by atoms with van der Waals surface area (Å²) in [5.41, 5.74) is 5.71. The molecule has 0 nitrogen and oxygen atoms in total. The van der Waals surface area contributed by atoms with E-state index in [1.165, 1.54) is 22.3 Å². The first-order chi connectivity index (χ1) is 9.21. The molecule has 1 radical (unpaired) electrons. The molecule has 0 heterocycles. The lowest BCUT2D eigenvalue weighted by Gasteiger charge is -2.27. The Morgan fingerprint density at radius 1 is 0.700 bits per heavy atom. The molecule has 2 aromatic carbocycles. The highest BCUT2D eigenvalue weighted by molar-refractivity contribution is 5.72. The van der Waals surface area contributed by atoms with Gasteiger partial charge in [-0.1, -0.05) is 84.0 Å². The lowest BCUT2D eigenvalue weighted by atomic mass is 9.77. The molecular formula is C20H25. The summed E-state index contributed by atoms with van der Waals surface area (Å²) in [6.07, 6.45) is 0. The number of rotatable bonds is 1. The van der Waals surface area contributed by atoms with E-state index in [-0.39, 0.29) is 10.8 Å². The van der Waals surface area contributed by atoms with Gasteiger partial charge in [-0.2, -0.15) is 0 Å². The predicted octanol–water partition coefficient (Wildman–Crippen LogP) is 5.75. The summed E-state index contributed by atoms with van der Waals surface area (Å²) < 4.78 is 0. The zero-order valence-corrected chi connectivity index (χ0v) is 13.5. The van der Waals surface area contributed by atoms with Crippen LogP contribution in [0.1, 0.15) is 52.7 Å². The van der Waals surface area contributed by atoms with Crippen molar-refractivity contribution < 1.29 is 0 Å². The molecule has 0 bridgehead atoms. The van der Waals surface area contributed by atoms with Gasteiger partial charge in [-0.3, -0.25) is 0 Å². The molecule has 0 amide bonds. The fourth-order valence-corrected chi connectivity index (χ4v) is 2.66. The standard InChI is InChI=1S/C20H25/c1-19(2,3)17-13-9-7-11-15(17)16-12-8-10-14-18(16)20(4,5)6/h7-9,11-14H,1-6H3. The second kappa shape index (κ2) is 5.09. The highest BCUT2D eigenvalue weighted by atomic mass is 14.3. The van der Waals surface area contributed by atoms with Crippen LogP contribution in [-0.2, 0) is 10.8 Å². The monoisotopic (exact) mass is 265 g/mol. The van der Waals surface area contributed by atoms with Gasteiger partial charge < -0.3 is 0 Å². The first-order valence-corrected chi connectivity index (χ1v) is 7.32. The smallest absolute Gasteiger partial charge is 0.0125 e. The van der Waals surface area contributed by atoms with E-state index in [1.54, 1.807) is 0 Å². The van der Waals surface area contributed by atoms with E-state index in [0.29, 0.717) is 0 Å². The summed E-state index contributed by atoms with van der Waals surface area (Å²) in [7, 11) is 0. The Balaban J connectivity index is 2.71. The van der Waals surface area contributed by atoms with E-state index in [2.05, 4.69) is 84.0 Å². The molecule has 2 aromatic rings. The molecule has 2 rings (SSSR count). The van der Waals surface area contributed by atoms with E-state index < -0.39 is 0 Å². The van der Waals surface area contributed by atoms with Crippen LogP contribution in [0.15, 0.2) is 42.5 Å². The van der Waals surface area contributed by atoms with Crippen molar-refractivity contribution in [1.29, 1.82) is 0 Å². The van der Waals surface area contributed by atoms with Crippen molar-refractivity contribution in [2.45, 2.75) is 52.4 Å². The van der Waals surface area contributed by atoms with E-state index in [9.17, 15) is 0 Å². The van der Waals surface area contributed by atoms with Crippen LogP contribution in [0.25, 0.3) is 11.1 Å². The van der Waals surface area contributed by atoms with Crippen molar-refractivity contribution in [3.05, 3.63) is 59.7 Å². The van der Waals surface area contributed by atoms with Crippen molar-refractivity contribution >= 4 is 0 Å². The Morgan fingerprint density at radius 2 is 1.25 bits per heavy atom. The molecule has 20 heavy (non-hydrogen) atoms. The van der Waals surface area contributed by atoms with E-state index >= 15 is 0 Å². The van der Waals surface area contributed by atoms with Crippen molar-refractivity contribution in [1.82, 2.24) is 0 Å². The average molecular weight is 265 g/mol. The zero-order valence-electron chi connectivity index (χ0n) is 13.5. The van der Waals surface area contributed by atoms with Crippen LogP contribution < -0.4 is 0 Å². The van der Waals surface area contributed by atoms with Crippen molar-refractivity contribution in [3.8, 4) is 11.1 Å². The maximum atomic E-state index is 3.24. The zero-order chi connectivity index (χ0) is 15.0. The Labute approximate surface area is 123 Å². The minimum absolute atomic E-state index is 0.123. The molecule has 0 N–H and O–H groups in total. The van der Waals surface area contributed by atoms with Crippen molar-refractivity contribution in [2.75, 3.05) is 0 Å². The van der Waals surface area contributed by atoms with Crippen LogP contribution >= 0.6 is 0 Å². The number of benzene rings is 2. The van der Waals surface area contributed by atoms with Gasteiger partial charge in [0.2, 0.25) is 0 Å². The topological polar surface area (TPSA) is 0 Å². The summed E-state index contributed by atoms with van der Waals surface area (Å²) >= 11 is 0. The molecule has 0 aromatic heterocycles. The second-order valence-corrected chi connectivity index (χ2v) is 7.52. The summed E-state index contributed by atoms with van der Waals surface area (Å²) in [5, 5.41) is 0. The van der Waals surface area contributed by atoms with Gasteiger partial charge in [-0.25, -0.2) is 0 Å². The molecule has 0 fully saturated rings. The Morgan fingerprint density at radius 3 is 1.85 bits per heavy atom. The molecule has 0 atom stereocenters. The SMILES string of the molecule is CC(C)(C)c1c[c]ccc1-c1ccccc1C(C)(C)C. The Bertz CT molecular complexity index is 536. The van der Waals surface area contributed by atoms with Crippen LogP contribution in [0, 0.1) is 6.07 Å². The largest absolute Gasteiger partial charge is 0.0619 e. The van der Waals surface area contributed by atoms with Crippen molar-refractivity contribution in [2.24, 2.45) is 0 Å². The predicted molar refractivity (Wildman–Crippen MR) is 88.1 cm³/mol. The first kappa shape index (κ1) is 14.8. The lowest BCUT2D eigenvalue weighted by molar-refractivity contribution is 0.585. The summed E-state index contributed by atoms with van der Waals surface area (Å²) in [4.78, 5) is 0. The summed E-state index contributed by atoms with van der Waals surface area (Å²) in [6, 6.07) is 18.3. The molecular weight excluding hydrogens is 240 g/mol. The Kier molecular flexibility index (Phi) is 3.77. The molecule has 0 saturated heterocycles. The second-order valence-electron chi connectivity index (χ2n) is 7.52. The fourth-order valence-electron chi connectivity index (χ4n) is 2.66. The van der Waals surface area contributed by atoms with Gasteiger partial charge in [0.1, 0.15) is 0 Å². The van der Waals surface area contributed by atoms with Gasteiger partial charge in [0.05, 0.1) is 0 Å². The minimum Gasteiger partial charge on any atom is -0.0619 e. The van der Waals surface area contributed by atoms with Crippen LogP contribution in [0.5, 0.6) is 0 Å². The third kappa shape index (κ3) is 2.95. The lowest BCUT2D eigenvalue weighted by Crippen LogP contribution is -2.16. The third-order valence-corrected chi connectivity index (χ3v) is 3.70. The van der Waals surface area contributed by atoms with Crippen LogP contribution in [-0.4, -0.2) is 0 Å². The molecule has 0 aliphatic heterocycles. The number of hydrogen-bond donors (Lipinski definition) is 0. The van der Waals surface area contributed by atoms with Crippen molar-refractivity contribution in [3.63, 3.8) is 0 Å². The van der Waals surface area contributed by atoms with E-state index in [4.69, 9.17) is 0 Å². The van der Waals surface area contributed by atoms with E-state index in [0.717, 1.165) is 0 Å². The van der Waals surface area contributed by atoms with Gasteiger partial charge in [0.25, 0.3) is 0 Å². The molecule has 0 heteroatoms. The molecule has 105 valence electrons. The molecule has 0 saturated carbocycles. The van der Waals surface area contributed by atoms with Crippen LogP contribution in [0.3, 0.4) is 0 Å². The van der Waals surface area contributed by atoms with Gasteiger partial charge in [-0.05, 0) is 39.2 Å². The molecule has 0 aliphatic rings. The summed E-state index contributed by atoms with van der Waals surface area (Å²) in [6.45, 7) is 13.6. The summed E-state index contributed by atoms with van der Waals surface area (Å²) in [5.74, 6) is 0. The number of hydrogen-bond acceptors (Lipinski definition) is 0. The third-order valence-electron chi connectivity index (χ3n) is 3.70. The molecule has 0 unspecified atom stereocenters. The normalized spacial score (nSPS) is 12.5. The maximum absolute atomic E-state index is 3.24. The molecule has 0 aliphatic carbocycles. The Hall–Kier alpha value is -1.56. The maximum Gasteiger partial charge on any atom is -0.0125 e. The van der Waals surface area contributed by atoms with Gasteiger partial charge in [0.15, 0.2) is 0 Å². The quantitative estimate of drug-likeness (QED) is 0.616. The molecule has 0 spiro atoms. The van der Waals surface area contributed by atoms with Crippen LogP contribution in [0.2, 0.25) is 0 Å². The van der Waals surface area contributed by atoms with Gasteiger partial charge in [-0.15, -0.1) is 0 Å².